The van der Waals surface area contributed by atoms with Crippen LogP contribution in [0.2, 0.25) is 0 Å². The lowest BCUT2D eigenvalue weighted by atomic mass is 9.79. The topological polar surface area (TPSA) is 37.6 Å². The summed E-state index contributed by atoms with van der Waals surface area (Å²) >= 11 is 0. The molecule has 0 fully saturated rings. The predicted octanol–water partition coefficient (Wildman–Crippen LogP) is 5.61. The molecule has 0 radical (unpaired) electrons. The van der Waals surface area contributed by atoms with E-state index in [9.17, 15) is 9.18 Å². The zero-order chi connectivity index (χ0) is 23.6. The predicted molar refractivity (Wildman–Crippen MR) is 124 cm³/mol. The van der Waals surface area contributed by atoms with Crippen molar-refractivity contribution in [2.45, 2.75) is 12.3 Å². The fraction of sp³-hybridized carbons (Fsp3) is 0.111. The summed E-state index contributed by atoms with van der Waals surface area (Å²) in [5, 5.41) is 6.19. The van der Waals surface area contributed by atoms with E-state index in [0.717, 1.165) is 33.6 Å². The summed E-state index contributed by atoms with van der Waals surface area (Å²) in [6.07, 6.45) is 3.95. The van der Waals surface area contributed by atoms with E-state index >= 15 is 8.78 Å². The van der Waals surface area contributed by atoms with Crippen molar-refractivity contribution in [2.75, 3.05) is 5.01 Å². The summed E-state index contributed by atoms with van der Waals surface area (Å²) < 4.78 is 46.6. The standard InChI is InChI=1S/C27H18F3N3O/c1-32-11-10-16-12-15(6-9-22(16)32)13-17-14-18-26(25-21(30)8-7-20(29)24(17)25)31-33(27(18)34)23-5-3-2-4-19(23)28/h2-12,14,17H,13H2,1H3. The number of halogens is 3. The quantitative estimate of drug-likeness (QED) is 0.394. The average molecular weight is 457 g/mol. The van der Waals surface area contributed by atoms with Crippen LogP contribution in [0.25, 0.3) is 10.9 Å². The van der Waals surface area contributed by atoms with Gasteiger partial charge in [-0.3, -0.25) is 4.79 Å². The van der Waals surface area contributed by atoms with Crippen molar-refractivity contribution in [3.8, 4) is 0 Å². The van der Waals surface area contributed by atoms with Crippen molar-refractivity contribution < 1.29 is 18.0 Å². The molecule has 1 unspecified atom stereocenters. The molecule has 1 aliphatic heterocycles. The Balaban J connectivity index is 1.48. The molecule has 0 saturated carbocycles. The fourth-order valence-corrected chi connectivity index (χ4v) is 4.86. The Kier molecular flexibility index (Phi) is 4.49. The molecule has 7 heteroatoms. The van der Waals surface area contributed by atoms with Crippen LogP contribution < -0.4 is 5.01 Å². The smallest absolute Gasteiger partial charge is 0.280 e. The van der Waals surface area contributed by atoms with Gasteiger partial charge in [0.25, 0.3) is 5.91 Å². The van der Waals surface area contributed by atoms with Crippen LogP contribution in [0.4, 0.5) is 18.9 Å². The van der Waals surface area contributed by atoms with Crippen LogP contribution in [0.1, 0.15) is 22.6 Å². The molecular weight excluding hydrogens is 439 g/mol. The minimum Gasteiger partial charge on any atom is -0.351 e. The van der Waals surface area contributed by atoms with Crippen LogP contribution in [0, 0.1) is 17.5 Å². The van der Waals surface area contributed by atoms with Crippen LogP contribution in [-0.4, -0.2) is 16.2 Å². The molecule has 1 atom stereocenters. The lowest BCUT2D eigenvalue weighted by Gasteiger charge is -2.24. The molecule has 0 spiro atoms. The Hall–Kier alpha value is -4.13. The number of hydrogen-bond acceptors (Lipinski definition) is 2. The highest BCUT2D eigenvalue weighted by molar-refractivity contribution is 6.36. The van der Waals surface area contributed by atoms with Crippen molar-refractivity contribution in [3.63, 3.8) is 0 Å². The van der Waals surface area contributed by atoms with Gasteiger partial charge in [-0.25, -0.2) is 13.2 Å². The Labute approximate surface area is 193 Å². The summed E-state index contributed by atoms with van der Waals surface area (Å²) in [5.41, 5.74) is 2.21. The van der Waals surface area contributed by atoms with Gasteiger partial charge in [-0.1, -0.05) is 24.3 Å². The number of hydrogen-bond donors (Lipinski definition) is 0. The van der Waals surface area contributed by atoms with E-state index in [1.54, 1.807) is 12.1 Å². The first-order valence-electron chi connectivity index (χ1n) is 10.8. The van der Waals surface area contributed by atoms with E-state index in [1.807, 2.05) is 42.1 Å². The highest BCUT2D eigenvalue weighted by atomic mass is 19.1. The van der Waals surface area contributed by atoms with Crippen LogP contribution in [0.3, 0.4) is 0 Å². The van der Waals surface area contributed by atoms with Gasteiger partial charge < -0.3 is 4.57 Å². The second kappa shape index (κ2) is 7.45. The number of benzene rings is 3. The highest BCUT2D eigenvalue weighted by Gasteiger charge is 2.40. The van der Waals surface area contributed by atoms with Crippen LogP contribution >= 0.6 is 0 Å². The molecule has 3 aromatic carbocycles. The largest absolute Gasteiger partial charge is 0.351 e. The third kappa shape index (κ3) is 3.00. The summed E-state index contributed by atoms with van der Waals surface area (Å²) in [5.74, 6) is -3.04. The molecule has 1 aromatic heterocycles. The molecular formula is C27H18F3N3O. The number of allylic oxidation sites excluding steroid dienone is 1. The Morgan fingerprint density at radius 2 is 1.74 bits per heavy atom. The number of carbonyl (C=O) groups is 1. The second-order valence-electron chi connectivity index (χ2n) is 8.55. The van der Waals surface area contributed by atoms with Crippen molar-refractivity contribution in [1.82, 2.24) is 4.57 Å². The first-order chi connectivity index (χ1) is 16.4. The minimum absolute atomic E-state index is 0.0232. The monoisotopic (exact) mass is 457 g/mol. The lowest BCUT2D eigenvalue weighted by Crippen LogP contribution is -2.25. The number of rotatable bonds is 3. The number of nitrogens with zero attached hydrogens (tertiary/aromatic N) is 3. The summed E-state index contributed by atoms with van der Waals surface area (Å²) in [4.78, 5) is 13.2. The second-order valence-corrected chi connectivity index (χ2v) is 8.55. The summed E-state index contributed by atoms with van der Waals surface area (Å²) in [6.45, 7) is 0. The molecule has 4 nitrogen and oxygen atoms in total. The number of fused-ring (bicyclic) bond motifs is 4. The van der Waals surface area contributed by atoms with E-state index in [-0.39, 0.29) is 28.1 Å². The number of hydrazone groups is 1. The van der Waals surface area contributed by atoms with Gasteiger partial charge in [0, 0.05) is 35.8 Å². The third-order valence-corrected chi connectivity index (χ3v) is 6.48. The van der Waals surface area contributed by atoms with Gasteiger partial charge in [0.05, 0.1) is 5.57 Å². The first-order valence-corrected chi connectivity index (χ1v) is 10.8. The van der Waals surface area contributed by atoms with Gasteiger partial charge in [-0.05, 0) is 59.8 Å². The number of aromatic nitrogens is 1. The molecule has 1 aliphatic carbocycles. The molecule has 1 amide bonds. The summed E-state index contributed by atoms with van der Waals surface area (Å²) in [6, 6.07) is 15.8. The lowest BCUT2D eigenvalue weighted by molar-refractivity contribution is -0.114. The highest BCUT2D eigenvalue weighted by Crippen LogP contribution is 2.40. The van der Waals surface area contributed by atoms with E-state index < -0.39 is 29.3 Å². The molecule has 4 aromatic rings. The number of aryl methyl sites for hydroxylation is 1. The maximum atomic E-state index is 15.1. The third-order valence-electron chi connectivity index (χ3n) is 6.48. The van der Waals surface area contributed by atoms with Gasteiger partial charge in [-0.15, -0.1) is 0 Å². The van der Waals surface area contributed by atoms with Gasteiger partial charge in [0.1, 0.15) is 28.9 Å². The number of para-hydroxylation sites is 1. The van der Waals surface area contributed by atoms with Gasteiger partial charge in [0.2, 0.25) is 0 Å². The van der Waals surface area contributed by atoms with Crippen molar-refractivity contribution in [2.24, 2.45) is 12.1 Å². The summed E-state index contributed by atoms with van der Waals surface area (Å²) in [7, 11) is 1.95. The molecule has 34 heavy (non-hydrogen) atoms. The number of amides is 1. The molecule has 0 bridgehead atoms. The zero-order valence-electron chi connectivity index (χ0n) is 18.1. The Morgan fingerprint density at radius 1 is 0.941 bits per heavy atom. The maximum Gasteiger partial charge on any atom is 0.280 e. The Bertz CT molecular complexity index is 1570. The van der Waals surface area contributed by atoms with E-state index in [1.165, 1.54) is 18.2 Å². The maximum absolute atomic E-state index is 15.1. The van der Waals surface area contributed by atoms with Crippen molar-refractivity contribution >= 4 is 28.2 Å². The molecule has 0 N–H and O–H groups in total. The molecule has 2 aliphatic rings. The van der Waals surface area contributed by atoms with Gasteiger partial charge in [-0.2, -0.15) is 10.1 Å². The molecule has 2 heterocycles. The first kappa shape index (κ1) is 20.5. The number of anilines is 1. The van der Waals surface area contributed by atoms with Crippen molar-refractivity contribution in [1.29, 1.82) is 0 Å². The van der Waals surface area contributed by atoms with Crippen LogP contribution in [0.15, 0.2) is 83.6 Å². The Morgan fingerprint density at radius 3 is 2.56 bits per heavy atom. The minimum atomic E-state index is -0.674. The molecule has 6 rings (SSSR count). The number of carbonyl (C=O) groups excluding carboxylic acids is 1. The zero-order valence-corrected chi connectivity index (χ0v) is 18.1. The normalized spacial score (nSPS) is 17.0. The van der Waals surface area contributed by atoms with Gasteiger partial charge >= 0.3 is 0 Å². The molecule has 168 valence electrons. The SMILES string of the molecule is Cn1ccc2cc(CC3C=C4C(=O)N(c5ccccc5F)N=C4c4c(F)ccc(F)c43)ccc21. The average Bonchev–Trinajstić information content (AvgIpc) is 3.36. The van der Waals surface area contributed by atoms with Crippen LogP contribution in [0.5, 0.6) is 0 Å². The van der Waals surface area contributed by atoms with Gasteiger partial charge in [0.15, 0.2) is 0 Å². The van der Waals surface area contributed by atoms with Crippen molar-refractivity contribution in [3.05, 3.63) is 113 Å². The van der Waals surface area contributed by atoms with E-state index in [2.05, 4.69) is 5.10 Å². The van der Waals surface area contributed by atoms with E-state index in [0.29, 0.717) is 6.42 Å². The van der Waals surface area contributed by atoms with Crippen LogP contribution in [-0.2, 0) is 18.3 Å². The molecule has 0 saturated heterocycles. The fourth-order valence-electron chi connectivity index (χ4n) is 4.86. The van der Waals surface area contributed by atoms with E-state index in [4.69, 9.17) is 0 Å².